The van der Waals surface area contributed by atoms with E-state index in [4.69, 9.17) is 9.47 Å². The fraction of sp³-hybridized carbons (Fsp3) is 0.649. The number of benzene rings is 2. The molecule has 3 fully saturated rings. The molecule has 2 aliphatic heterocycles. The average Bonchev–Trinajstić information content (AvgIpc) is 3.07. The smallest absolute Gasteiger partial charge is 0.248 e. The summed E-state index contributed by atoms with van der Waals surface area (Å²) < 4.78 is 40.8. The number of methoxy groups -OCH3 is 1. The van der Waals surface area contributed by atoms with Gasteiger partial charge in [0.2, 0.25) is 15.9 Å². The van der Waals surface area contributed by atoms with Gasteiger partial charge in [-0.25, -0.2) is 8.42 Å². The lowest BCUT2D eigenvalue weighted by atomic mass is 9.72. The first-order valence-corrected chi connectivity index (χ1v) is 19.0. The summed E-state index contributed by atoms with van der Waals surface area (Å²) in [6, 6.07) is 14.1. The zero-order valence-electron chi connectivity index (χ0n) is 29.2. The summed E-state index contributed by atoms with van der Waals surface area (Å²) in [6.45, 7) is 11.1. The second-order valence-corrected chi connectivity index (χ2v) is 16.0. The Labute approximate surface area is 283 Å². The predicted molar refractivity (Wildman–Crippen MR) is 186 cm³/mol. The van der Waals surface area contributed by atoms with E-state index in [1.807, 2.05) is 13.8 Å². The topological polar surface area (TPSA) is 91.4 Å². The molecule has 1 saturated carbocycles. The number of piperidine rings is 1. The molecule has 2 aromatic carbocycles. The van der Waals surface area contributed by atoms with Gasteiger partial charge in [-0.15, -0.1) is 0 Å². The Kier molecular flexibility index (Phi) is 12.0. The first kappa shape index (κ1) is 35.8. The number of aryl methyl sites for hydroxylation is 2. The molecule has 47 heavy (non-hydrogen) atoms. The van der Waals surface area contributed by atoms with E-state index in [0.29, 0.717) is 47.2 Å². The Bertz CT molecular complexity index is 1410. The highest BCUT2D eigenvalue weighted by Gasteiger charge is 2.41. The van der Waals surface area contributed by atoms with Gasteiger partial charge in [0.05, 0.1) is 18.6 Å². The first-order valence-electron chi connectivity index (χ1n) is 17.6. The van der Waals surface area contributed by atoms with Gasteiger partial charge >= 0.3 is 0 Å². The maximum Gasteiger partial charge on any atom is 0.248 e. The van der Waals surface area contributed by atoms with E-state index >= 15 is 0 Å². The number of hydrogen-bond acceptors (Lipinski definition) is 7. The first-order chi connectivity index (χ1) is 22.5. The van der Waals surface area contributed by atoms with Gasteiger partial charge in [-0.3, -0.25) is 9.69 Å². The molecule has 10 heteroatoms. The van der Waals surface area contributed by atoms with Crippen LogP contribution >= 0.6 is 0 Å². The minimum atomic E-state index is -3.74. The third-order valence-corrected chi connectivity index (χ3v) is 13.1. The summed E-state index contributed by atoms with van der Waals surface area (Å²) in [6.07, 6.45) is 7.33. The van der Waals surface area contributed by atoms with Gasteiger partial charge in [-0.05, 0) is 108 Å². The molecule has 260 valence electrons. The Balaban J connectivity index is 1.14. The van der Waals surface area contributed by atoms with Crippen molar-refractivity contribution in [3.8, 4) is 5.75 Å². The van der Waals surface area contributed by atoms with Crippen LogP contribution in [0.2, 0.25) is 0 Å². The third kappa shape index (κ3) is 8.57. The molecular weight excluding hydrogens is 612 g/mol. The molecule has 2 aromatic rings. The largest absolute Gasteiger partial charge is 0.497 e. The summed E-state index contributed by atoms with van der Waals surface area (Å²) in [7, 11) is 0.0547. The van der Waals surface area contributed by atoms with E-state index in [1.165, 1.54) is 5.56 Å². The number of rotatable bonds is 12. The maximum atomic E-state index is 13.9. The molecule has 0 radical (unpaired) electrons. The Hall–Kier alpha value is -2.50. The van der Waals surface area contributed by atoms with Gasteiger partial charge in [0.25, 0.3) is 0 Å². The summed E-state index contributed by atoms with van der Waals surface area (Å²) in [5, 5.41) is 3.17. The van der Waals surface area contributed by atoms with Crippen LogP contribution in [0.15, 0.2) is 47.4 Å². The van der Waals surface area contributed by atoms with Crippen molar-refractivity contribution in [3.05, 3.63) is 59.2 Å². The van der Waals surface area contributed by atoms with E-state index in [2.05, 4.69) is 52.5 Å². The van der Waals surface area contributed by atoms with Crippen molar-refractivity contribution in [2.45, 2.75) is 94.7 Å². The van der Waals surface area contributed by atoms with Crippen molar-refractivity contribution in [3.63, 3.8) is 0 Å². The van der Waals surface area contributed by atoms with Crippen molar-refractivity contribution in [1.29, 1.82) is 0 Å². The van der Waals surface area contributed by atoms with Crippen LogP contribution < -0.4 is 10.1 Å². The highest BCUT2D eigenvalue weighted by Crippen LogP contribution is 2.39. The summed E-state index contributed by atoms with van der Waals surface area (Å²) in [5.41, 5.74) is 2.92. The van der Waals surface area contributed by atoms with Gasteiger partial charge in [-0.1, -0.05) is 36.8 Å². The molecular formula is C37H56N4O5S. The molecule has 2 saturated heterocycles. The summed E-state index contributed by atoms with van der Waals surface area (Å²) >= 11 is 0. The third-order valence-electron chi connectivity index (χ3n) is 10.9. The highest BCUT2D eigenvalue weighted by atomic mass is 32.2. The Morgan fingerprint density at radius 2 is 1.64 bits per heavy atom. The van der Waals surface area contributed by atoms with Crippen LogP contribution in [0.4, 0.5) is 0 Å². The number of nitrogens with zero attached hydrogens (tertiary/aromatic N) is 3. The number of ether oxygens (including phenoxy) is 2. The molecule has 1 amide bonds. The van der Waals surface area contributed by atoms with E-state index < -0.39 is 16.1 Å². The molecule has 2 atom stereocenters. The van der Waals surface area contributed by atoms with Gasteiger partial charge in [0, 0.05) is 50.8 Å². The molecule has 0 bridgehead atoms. The molecule has 2 unspecified atom stereocenters. The van der Waals surface area contributed by atoms with Gasteiger partial charge in [0.1, 0.15) is 11.9 Å². The summed E-state index contributed by atoms with van der Waals surface area (Å²) in [5.74, 6) is 0.960. The normalized spacial score (nSPS) is 25.7. The zero-order valence-corrected chi connectivity index (χ0v) is 30.0. The Morgan fingerprint density at radius 1 is 0.979 bits per heavy atom. The molecule has 1 N–H and O–H groups in total. The van der Waals surface area contributed by atoms with Crippen molar-refractivity contribution in [2.75, 3.05) is 60.0 Å². The van der Waals surface area contributed by atoms with Crippen LogP contribution in [-0.2, 0) is 26.0 Å². The van der Waals surface area contributed by atoms with Gasteiger partial charge in [0.15, 0.2) is 0 Å². The van der Waals surface area contributed by atoms with Crippen LogP contribution in [0, 0.1) is 19.8 Å². The van der Waals surface area contributed by atoms with Crippen molar-refractivity contribution in [2.24, 2.45) is 5.92 Å². The standard InChI is InChI=1S/C37H56N4O5S/c1-28-23-34(45-5)24-29(2)35(28)47(43,44)41-18-10-9-13-33(41)27-46-30(3)36(42)38-26-32-14-16-37(17-15-32,25-31-11-7-6-8-12-31)40-21-19-39(4)20-22-40/h6-8,11-12,23-24,30,32-33H,9-10,13-22,25-27H2,1-5H3,(H,38,42). The number of amides is 1. The lowest BCUT2D eigenvalue weighted by Gasteiger charge is -2.51. The lowest BCUT2D eigenvalue weighted by molar-refractivity contribution is -0.133. The van der Waals surface area contributed by atoms with E-state index in [0.717, 1.165) is 71.1 Å². The number of carbonyl (C=O) groups is 1. The highest BCUT2D eigenvalue weighted by molar-refractivity contribution is 7.89. The number of carbonyl (C=O) groups excluding carboxylic acids is 1. The maximum absolute atomic E-state index is 13.9. The SMILES string of the molecule is COc1cc(C)c(S(=O)(=O)N2CCCCC2COC(C)C(=O)NCC2CCC(Cc3ccccc3)(N3CCN(C)CC3)CC2)c(C)c1. The number of piperazine rings is 1. The summed E-state index contributed by atoms with van der Waals surface area (Å²) in [4.78, 5) is 18.7. The van der Waals surface area contributed by atoms with Crippen LogP contribution in [0.3, 0.4) is 0 Å². The second-order valence-electron chi connectivity index (χ2n) is 14.2. The fourth-order valence-corrected chi connectivity index (χ4v) is 10.1. The molecule has 0 aromatic heterocycles. The van der Waals surface area contributed by atoms with Crippen LogP contribution in [0.25, 0.3) is 0 Å². The zero-order chi connectivity index (χ0) is 33.6. The molecule has 1 aliphatic carbocycles. The molecule has 0 spiro atoms. The van der Waals surface area contributed by atoms with Crippen molar-refractivity contribution >= 4 is 15.9 Å². The molecule has 5 rings (SSSR count). The predicted octanol–water partition coefficient (Wildman–Crippen LogP) is 4.80. The molecule has 9 nitrogen and oxygen atoms in total. The van der Waals surface area contributed by atoms with Crippen LogP contribution in [0.1, 0.15) is 68.6 Å². The average molecular weight is 669 g/mol. The lowest BCUT2D eigenvalue weighted by Crippen LogP contribution is -2.59. The minimum absolute atomic E-state index is 0.128. The van der Waals surface area contributed by atoms with Crippen molar-refractivity contribution < 1.29 is 22.7 Å². The van der Waals surface area contributed by atoms with Gasteiger partial charge in [-0.2, -0.15) is 4.31 Å². The van der Waals surface area contributed by atoms with Crippen LogP contribution in [0.5, 0.6) is 5.75 Å². The monoisotopic (exact) mass is 668 g/mol. The van der Waals surface area contributed by atoms with Gasteiger partial charge < -0.3 is 19.7 Å². The van der Waals surface area contributed by atoms with E-state index in [9.17, 15) is 13.2 Å². The fourth-order valence-electron chi connectivity index (χ4n) is 8.01. The minimum Gasteiger partial charge on any atom is -0.497 e. The molecule has 3 aliphatic rings. The Morgan fingerprint density at radius 3 is 2.28 bits per heavy atom. The quantitative estimate of drug-likeness (QED) is 0.348. The van der Waals surface area contributed by atoms with E-state index in [1.54, 1.807) is 30.5 Å². The second kappa shape index (κ2) is 15.8. The van der Waals surface area contributed by atoms with E-state index in [-0.39, 0.29) is 24.1 Å². The number of likely N-dealkylation sites (N-methyl/N-ethyl adjacent to an activating group) is 1. The number of sulfonamides is 1. The van der Waals surface area contributed by atoms with Crippen molar-refractivity contribution in [1.82, 2.24) is 19.4 Å². The number of hydrogen-bond donors (Lipinski definition) is 1. The van der Waals surface area contributed by atoms with Crippen LogP contribution in [-0.4, -0.2) is 106 Å². The number of nitrogens with one attached hydrogen (secondary N) is 1. The molecule has 2 heterocycles.